The summed E-state index contributed by atoms with van der Waals surface area (Å²) in [5, 5.41) is 5.97. The number of hydrogen-bond acceptors (Lipinski definition) is 7. The molecule has 0 aromatic carbocycles. The third-order valence-corrected chi connectivity index (χ3v) is 11.2. The van der Waals surface area contributed by atoms with Crippen molar-refractivity contribution in [1.29, 1.82) is 0 Å². The Labute approximate surface area is 268 Å². The molecule has 252 valence electrons. The molecule has 10 atom stereocenters. The molecule has 0 aromatic heterocycles. The molecule has 0 aromatic rings. The maximum absolute atomic E-state index is 16.5. The summed E-state index contributed by atoms with van der Waals surface area (Å²) in [7, 11) is 0. The average molecular weight is 631 g/mol. The van der Waals surface area contributed by atoms with E-state index in [1.54, 1.807) is 0 Å². The van der Waals surface area contributed by atoms with E-state index in [4.69, 9.17) is 9.47 Å². The molecular formula is C35H55FN4O5. The molecule has 5 fully saturated rings. The van der Waals surface area contributed by atoms with Gasteiger partial charge >= 0.3 is 6.09 Å². The molecule has 45 heavy (non-hydrogen) atoms. The number of morpholine rings is 1. The molecule has 3 heterocycles. The summed E-state index contributed by atoms with van der Waals surface area (Å²) in [5.41, 5.74) is -0.367. The summed E-state index contributed by atoms with van der Waals surface area (Å²) < 4.78 is 28.9. The number of ketones is 1. The van der Waals surface area contributed by atoms with Gasteiger partial charge in [0.05, 0.1) is 35.9 Å². The first-order valence-electron chi connectivity index (χ1n) is 17.5. The lowest BCUT2D eigenvalue weighted by Crippen LogP contribution is -2.73. The van der Waals surface area contributed by atoms with Gasteiger partial charge in [0.25, 0.3) is 5.91 Å². The van der Waals surface area contributed by atoms with E-state index in [2.05, 4.69) is 41.2 Å². The van der Waals surface area contributed by atoms with E-state index in [0.29, 0.717) is 37.9 Å². The van der Waals surface area contributed by atoms with Crippen LogP contribution in [0.4, 0.5) is 9.18 Å². The van der Waals surface area contributed by atoms with Gasteiger partial charge in [-0.05, 0) is 70.1 Å². The second kappa shape index (κ2) is 12.4. The van der Waals surface area contributed by atoms with Gasteiger partial charge in [-0.3, -0.25) is 14.5 Å². The number of ether oxygens (including phenoxy) is 2. The monoisotopic (exact) mass is 630 g/mol. The maximum atomic E-state index is 16.5. The predicted molar refractivity (Wildman–Crippen MR) is 169 cm³/mol. The number of hydrogen-bond donors (Lipinski definition) is 2. The topological polar surface area (TPSA) is 100 Å². The second-order valence-corrected chi connectivity index (χ2v) is 16.9. The molecule has 6 rings (SSSR count). The number of alkyl halides is 1. The van der Waals surface area contributed by atoms with E-state index < -0.39 is 35.9 Å². The highest BCUT2D eigenvalue weighted by molar-refractivity contribution is 6.20. The van der Waals surface area contributed by atoms with Crippen LogP contribution in [-0.4, -0.2) is 95.4 Å². The molecule has 10 heteroatoms. The number of halogens is 1. The first-order valence-corrected chi connectivity index (χ1v) is 17.5. The highest BCUT2D eigenvalue weighted by atomic mass is 19.1. The molecular weight excluding hydrogens is 575 g/mol. The number of nitrogens with zero attached hydrogens (tertiary/aromatic N) is 2. The molecule has 2 amide bonds. The standard InChI is InChI=1S/C35H55FN4O5/c1-34(2,3)12-13-37-32(42)24-19-40-26-15-20-9-7-8-10-21(20)16-27(26)44-31-28(40)23(30(24)41)17-25(36)29(31)39-14-11-22(18-39)38-33(43)45-35(4,5)6/h19-23,25-29,31H,7-18H2,1-6H3,(H,37,42)(H,38,43). The molecule has 3 saturated carbocycles. The van der Waals surface area contributed by atoms with Crippen LogP contribution in [0.15, 0.2) is 11.8 Å². The molecule has 2 N–H and O–H groups in total. The van der Waals surface area contributed by atoms with Crippen molar-refractivity contribution < 1.29 is 28.2 Å². The fourth-order valence-corrected chi connectivity index (χ4v) is 9.16. The Morgan fingerprint density at radius 2 is 1.73 bits per heavy atom. The van der Waals surface area contributed by atoms with Crippen molar-refractivity contribution in [3.05, 3.63) is 11.8 Å². The predicted octanol–water partition coefficient (Wildman–Crippen LogP) is 4.74. The minimum atomic E-state index is -1.28. The first kappa shape index (κ1) is 32.7. The zero-order chi connectivity index (χ0) is 32.3. The van der Waals surface area contributed by atoms with Gasteiger partial charge in [0, 0.05) is 37.8 Å². The summed E-state index contributed by atoms with van der Waals surface area (Å²) in [6.07, 6.45) is 7.96. The van der Waals surface area contributed by atoms with Crippen LogP contribution in [0, 0.1) is 23.2 Å². The third kappa shape index (κ3) is 6.92. The summed E-state index contributed by atoms with van der Waals surface area (Å²) in [4.78, 5) is 44.4. The number of rotatable bonds is 5. The van der Waals surface area contributed by atoms with Gasteiger partial charge < -0.3 is 25.0 Å². The Bertz CT molecular complexity index is 1180. The number of amides is 2. The molecule has 0 radical (unpaired) electrons. The Kier molecular flexibility index (Phi) is 9.05. The van der Waals surface area contributed by atoms with Crippen LogP contribution >= 0.6 is 0 Å². The van der Waals surface area contributed by atoms with Crippen molar-refractivity contribution in [3.63, 3.8) is 0 Å². The number of fused-ring (bicyclic) bond motifs is 3. The van der Waals surface area contributed by atoms with E-state index >= 15 is 4.39 Å². The smallest absolute Gasteiger partial charge is 0.407 e. The van der Waals surface area contributed by atoms with Gasteiger partial charge in [-0.15, -0.1) is 0 Å². The van der Waals surface area contributed by atoms with Crippen LogP contribution in [0.25, 0.3) is 0 Å². The van der Waals surface area contributed by atoms with Gasteiger partial charge in [0.15, 0.2) is 5.78 Å². The third-order valence-electron chi connectivity index (χ3n) is 11.2. The van der Waals surface area contributed by atoms with Crippen molar-refractivity contribution in [2.45, 2.75) is 147 Å². The first-order chi connectivity index (χ1) is 21.2. The Balaban J connectivity index is 1.26. The van der Waals surface area contributed by atoms with Crippen molar-refractivity contribution in [1.82, 2.24) is 20.4 Å². The molecule has 3 aliphatic carbocycles. The van der Waals surface area contributed by atoms with Crippen LogP contribution in [0.5, 0.6) is 0 Å². The SMILES string of the molecule is CC(C)(C)CCNC(=O)C1=CN2C3CC4CCCCC4CC3OC3C(N4CCC(NC(=O)OC(C)(C)C)C4)C(F)CC(C1=O)C32. The van der Waals surface area contributed by atoms with Gasteiger partial charge in [-0.25, -0.2) is 9.18 Å². The van der Waals surface area contributed by atoms with Gasteiger partial charge in [-0.2, -0.15) is 0 Å². The van der Waals surface area contributed by atoms with Crippen molar-refractivity contribution in [2.75, 3.05) is 19.6 Å². The van der Waals surface area contributed by atoms with E-state index in [9.17, 15) is 14.4 Å². The lowest BCUT2D eigenvalue weighted by atomic mass is 9.64. The lowest BCUT2D eigenvalue weighted by molar-refractivity contribution is -0.219. The number of likely N-dealkylation sites (tertiary alicyclic amines) is 1. The number of Topliss-reactive ketones (excluding diaryl/α,β-unsaturated/α-hetero) is 1. The molecule has 9 nitrogen and oxygen atoms in total. The van der Waals surface area contributed by atoms with E-state index in [0.717, 1.165) is 19.3 Å². The van der Waals surface area contributed by atoms with Gasteiger partial charge in [-0.1, -0.05) is 46.5 Å². The Hall–Kier alpha value is -2.20. The number of nitrogens with one attached hydrogen (secondary N) is 2. The maximum Gasteiger partial charge on any atom is 0.407 e. The normalized spacial score (nSPS) is 38.4. The molecule has 10 unspecified atom stereocenters. The lowest BCUT2D eigenvalue weighted by Gasteiger charge is -2.61. The van der Waals surface area contributed by atoms with Crippen LogP contribution < -0.4 is 10.6 Å². The average Bonchev–Trinajstić information content (AvgIpc) is 3.38. The van der Waals surface area contributed by atoms with Gasteiger partial charge in [0.1, 0.15) is 11.8 Å². The number of carbonyl (C=O) groups excluding carboxylic acids is 3. The molecule has 0 bridgehead atoms. The Morgan fingerprint density at radius 3 is 2.42 bits per heavy atom. The van der Waals surface area contributed by atoms with Crippen molar-refractivity contribution in [2.24, 2.45) is 23.2 Å². The second-order valence-electron chi connectivity index (χ2n) is 16.9. The highest BCUT2D eigenvalue weighted by Gasteiger charge is 2.61. The number of alkyl carbamates (subject to hydrolysis) is 1. The minimum absolute atomic E-state index is 0.0590. The quantitative estimate of drug-likeness (QED) is 0.424. The van der Waals surface area contributed by atoms with Gasteiger partial charge in [0.2, 0.25) is 0 Å². The highest BCUT2D eigenvalue weighted by Crippen LogP contribution is 2.51. The Morgan fingerprint density at radius 1 is 1.02 bits per heavy atom. The van der Waals surface area contributed by atoms with Crippen LogP contribution in [0.1, 0.15) is 99.3 Å². The summed E-state index contributed by atoms with van der Waals surface area (Å²) in [6.45, 7) is 13.5. The largest absolute Gasteiger partial charge is 0.444 e. The van der Waals surface area contributed by atoms with E-state index in [-0.39, 0.29) is 53.3 Å². The number of carbonyl (C=O) groups is 3. The molecule has 6 aliphatic rings. The fraction of sp³-hybridized carbons (Fsp3) is 0.857. The zero-order valence-corrected chi connectivity index (χ0v) is 28.1. The minimum Gasteiger partial charge on any atom is -0.444 e. The summed E-state index contributed by atoms with van der Waals surface area (Å²) in [5.74, 6) is 0.00945. The van der Waals surface area contributed by atoms with Crippen LogP contribution in [0.3, 0.4) is 0 Å². The summed E-state index contributed by atoms with van der Waals surface area (Å²) in [6, 6.07) is -0.894. The molecule has 2 saturated heterocycles. The molecule has 3 aliphatic heterocycles. The van der Waals surface area contributed by atoms with Crippen molar-refractivity contribution >= 4 is 17.8 Å². The molecule has 0 spiro atoms. The van der Waals surface area contributed by atoms with Crippen LogP contribution in [0.2, 0.25) is 0 Å². The van der Waals surface area contributed by atoms with E-state index in [1.165, 1.54) is 25.7 Å². The van der Waals surface area contributed by atoms with E-state index in [1.807, 2.05) is 27.0 Å². The fourth-order valence-electron chi connectivity index (χ4n) is 9.16. The zero-order valence-electron chi connectivity index (χ0n) is 28.1. The summed E-state index contributed by atoms with van der Waals surface area (Å²) >= 11 is 0. The van der Waals surface area contributed by atoms with Crippen molar-refractivity contribution in [3.8, 4) is 0 Å². The van der Waals surface area contributed by atoms with Crippen LogP contribution in [-0.2, 0) is 19.1 Å².